The third kappa shape index (κ3) is 4.15. The number of pyridine rings is 1. The van der Waals surface area contributed by atoms with Crippen LogP contribution in [-0.2, 0) is 4.74 Å². The van der Waals surface area contributed by atoms with E-state index in [1.165, 1.54) is 12.3 Å². The largest absolute Gasteiger partial charge is 0.418 e. The van der Waals surface area contributed by atoms with Gasteiger partial charge in [-0.2, -0.15) is 13.2 Å². The molecule has 1 unspecified atom stereocenters. The number of rotatable bonds is 5. The Morgan fingerprint density at radius 1 is 1.12 bits per heavy atom. The van der Waals surface area contributed by atoms with Crippen LogP contribution in [0.2, 0.25) is 0 Å². The van der Waals surface area contributed by atoms with E-state index in [4.69, 9.17) is 9.37 Å². The molecule has 0 amide bonds. The SMILES string of the molecule is OC(c1ccnc(-c2cc(N3CC(CN4CCOCC4)C3)c3nonc3c2)c1)C(F)(F)F. The first kappa shape index (κ1) is 21.1. The third-order valence-electron chi connectivity index (χ3n) is 5.96. The number of aliphatic hydroxyl groups is 1. The monoisotopic (exact) mass is 449 g/mol. The van der Waals surface area contributed by atoms with E-state index >= 15 is 0 Å². The second kappa shape index (κ2) is 8.30. The van der Waals surface area contributed by atoms with Gasteiger partial charge in [-0.3, -0.25) is 9.88 Å². The fourth-order valence-electron chi connectivity index (χ4n) is 4.26. The van der Waals surface area contributed by atoms with Gasteiger partial charge in [-0.25, -0.2) is 4.63 Å². The number of ether oxygens (including phenoxy) is 1. The number of aromatic nitrogens is 3. The molecule has 2 saturated heterocycles. The zero-order valence-electron chi connectivity index (χ0n) is 17.1. The highest BCUT2D eigenvalue weighted by Gasteiger charge is 2.39. The van der Waals surface area contributed by atoms with Crippen LogP contribution in [0.15, 0.2) is 35.1 Å². The fourth-order valence-corrected chi connectivity index (χ4v) is 4.26. The van der Waals surface area contributed by atoms with Crippen molar-refractivity contribution in [2.75, 3.05) is 50.8 Å². The van der Waals surface area contributed by atoms with Gasteiger partial charge in [-0.05, 0) is 40.1 Å². The molecule has 5 rings (SSSR count). The summed E-state index contributed by atoms with van der Waals surface area (Å²) in [6.45, 7) is 6.08. The average Bonchev–Trinajstić information content (AvgIpc) is 3.24. The maximum Gasteiger partial charge on any atom is 0.418 e. The third-order valence-corrected chi connectivity index (χ3v) is 5.96. The number of nitrogens with zero attached hydrogens (tertiary/aromatic N) is 5. The topological polar surface area (TPSA) is 87.8 Å². The summed E-state index contributed by atoms with van der Waals surface area (Å²) in [6.07, 6.45) is -6.07. The summed E-state index contributed by atoms with van der Waals surface area (Å²) in [6, 6.07) is 5.91. The predicted octanol–water partition coefficient (Wildman–Crippen LogP) is 2.65. The van der Waals surface area contributed by atoms with Gasteiger partial charge in [-0.15, -0.1) is 0 Å². The normalized spacial score (nSPS) is 19.3. The molecule has 1 atom stereocenters. The smallest absolute Gasteiger partial charge is 0.379 e. The number of alkyl halides is 3. The number of benzene rings is 1. The first-order valence-corrected chi connectivity index (χ1v) is 10.4. The van der Waals surface area contributed by atoms with Gasteiger partial charge >= 0.3 is 6.18 Å². The molecule has 0 radical (unpaired) electrons. The van der Waals surface area contributed by atoms with E-state index in [2.05, 4.69) is 25.1 Å². The van der Waals surface area contributed by atoms with E-state index in [1.807, 2.05) is 6.07 Å². The Kier molecular flexibility index (Phi) is 5.48. The lowest BCUT2D eigenvalue weighted by molar-refractivity contribution is -0.206. The zero-order chi connectivity index (χ0) is 22.3. The van der Waals surface area contributed by atoms with Crippen LogP contribution in [0.1, 0.15) is 11.7 Å². The van der Waals surface area contributed by atoms with E-state index in [0.29, 0.717) is 28.2 Å². The van der Waals surface area contributed by atoms with Crippen LogP contribution >= 0.6 is 0 Å². The predicted molar refractivity (Wildman–Crippen MR) is 109 cm³/mol. The van der Waals surface area contributed by atoms with Crippen LogP contribution in [0.3, 0.4) is 0 Å². The summed E-state index contributed by atoms with van der Waals surface area (Å²) in [5.74, 6) is 0.509. The first-order valence-electron chi connectivity index (χ1n) is 10.4. The molecule has 0 spiro atoms. The second-order valence-electron chi connectivity index (χ2n) is 8.23. The van der Waals surface area contributed by atoms with Gasteiger partial charge in [0.05, 0.1) is 24.6 Å². The molecule has 3 aromatic rings. The first-order chi connectivity index (χ1) is 15.4. The Bertz CT molecular complexity index is 1090. The van der Waals surface area contributed by atoms with Crippen molar-refractivity contribution in [1.82, 2.24) is 20.2 Å². The minimum Gasteiger partial charge on any atom is -0.379 e. The molecule has 4 heterocycles. The number of fused-ring (bicyclic) bond motifs is 1. The Morgan fingerprint density at radius 3 is 2.66 bits per heavy atom. The summed E-state index contributed by atoms with van der Waals surface area (Å²) < 4.78 is 49.1. The lowest BCUT2D eigenvalue weighted by Gasteiger charge is -2.43. The summed E-state index contributed by atoms with van der Waals surface area (Å²) in [5, 5.41) is 17.5. The summed E-state index contributed by atoms with van der Waals surface area (Å²) in [4.78, 5) is 8.77. The molecular weight excluding hydrogens is 427 g/mol. The Labute approximate surface area is 181 Å². The molecule has 0 aliphatic carbocycles. The van der Waals surface area contributed by atoms with Crippen molar-refractivity contribution in [3.63, 3.8) is 0 Å². The van der Waals surface area contributed by atoms with Gasteiger partial charge in [0.1, 0.15) is 5.52 Å². The standard InChI is InChI=1S/C21H22F3N5O3/c22-21(23,24)20(30)14-1-2-25-16(7-14)15-8-17-19(27-32-26-17)18(9-15)29-11-13(12-29)10-28-3-5-31-6-4-28/h1-2,7-9,13,20,30H,3-6,10-12H2. The van der Waals surface area contributed by atoms with E-state index in [-0.39, 0.29) is 5.56 Å². The highest BCUT2D eigenvalue weighted by Crippen LogP contribution is 2.37. The fraction of sp³-hybridized carbons (Fsp3) is 0.476. The van der Waals surface area contributed by atoms with E-state index in [1.54, 1.807) is 6.07 Å². The molecule has 0 bridgehead atoms. The maximum atomic E-state index is 12.9. The molecule has 2 aromatic heterocycles. The van der Waals surface area contributed by atoms with Crippen molar-refractivity contribution in [2.24, 2.45) is 5.92 Å². The van der Waals surface area contributed by atoms with E-state index in [0.717, 1.165) is 57.7 Å². The van der Waals surface area contributed by atoms with Crippen molar-refractivity contribution >= 4 is 16.7 Å². The number of hydrogen-bond acceptors (Lipinski definition) is 8. The van der Waals surface area contributed by atoms with Crippen molar-refractivity contribution in [1.29, 1.82) is 0 Å². The van der Waals surface area contributed by atoms with Crippen LogP contribution in [0.4, 0.5) is 18.9 Å². The van der Waals surface area contributed by atoms with Gasteiger partial charge in [0.15, 0.2) is 11.6 Å². The number of hydrogen-bond donors (Lipinski definition) is 1. The summed E-state index contributed by atoms with van der Waals surface area (Å²) in [7, 11) is 0. The van der Waals surface area contributed by atoms with Crippen LogP contribution < -0.4 is 4.90 Å². The van der Waals surface area contributed by atoms with Gasteiger partial charge in [-0.1, -0.05) is 0 Å². The Hall–Kier alpha value is -2.76. The number of morpholine rings is 1. The number of anilines is 1. The maximum absolute atomic E-state index is 12.9. The van der Waals surface area contributed by atoms with Gasteiger partial charge in [0.25, 0.3) is 0 Å². The molecule has 1 N–H and O–H groups in total. The van der Waals surface area contributed by atoms with Crippen LogP contribution in [-0.4, -0.2) is 77.4 Å². The summed E-state index contributed by atoms with van der Waals surface area (Å²) in [5.41, 5.74) is 2.53. The Balaban J connectivity index is 1.39. The van der Waals surface area contributed by atoms with Crippen molar-refractivity contribution in [3.05, 3.63) is 36.0 Å². The van der Waals surface area contributed by atoms with Crippen molar-refractivity contribution < 1.29 is 27.6 Å². The molecular formula is C21H22F3N5O3. The molecule has 32 heavy (non-hydrogen) atoms. The van der Waals surface area contributed by atoms with Crippen LogP contribution in [0.5, 0.6) is 0 Å². The minimum atomic E-state index is -4.75. The molecule has 2 fully saturated rings. The quantitative estimate of drug-likeness (QED) is 0.636. The molecule has 8 nitrogen and oxygen atoms in total. The average molecular weight is 449 g/mol. The van der Waals surface area contributed by atoms with Crippen molar-refractivity contribution in [3.8, 4) is 11.3 Å². The van der Waals surface area contributed by atoms with E-state index in [9.17, 15) is 18.3 Å². The summed E-state index contributed by atoms with van der Waals surface area (Å²) >= 11 is 0. The van der Waals surface area contributed by atoms with Crippen LogP contribution in [0, 0.1) is 5.92 Å². The molecule has 2 aliphatic rings. The zero-order valence-corrected chi connectivity index (χ0v) is 17.1. The number of halogens is 3. The highest BCUT2D eigenvalue weighted by molar-refractivity contribution is 5.92. The van der Waals surface area contributed by atoms with Crippen LogP contribution in [0.25, 0.3) is 22.3 Å². The van der Waals surface area contributed by atoms with E-state index < -0.39 is 12.3 Å². The second-order valence-corrected chi connectivity index (χ2v) is 8.23. The molecule has 170 valence electrons. The Morgan fingerprint density at radius 2 is 1.91 bits per heavy atom. The van der Waals surface area contributed by atoms with Crippen molar-refractivity contribution in [2.45, 2.75) is 12.3 Å². The molecule has 1 aromatic carbocycles. The number of aliphatic hydroxyl groups excluding tert-OH is 1. The molecule has 0 saturated carbocycles. The lowest BCUT2D eigenvalue weighted by atomic mass is 9.96. The molecule has 11 heteroatoms. The van der Waals surface area contributed by atoms with Gasteiger partial charge in [0, 0.05) is 50.4 Å². The van der Waals surface area contributed by atoms with Gasteiger partial charge in [0.2, 0.25) is 0 Å². The lowest BCUT2D eigenvalue weighted by Crippen LogP contribution is -2.53. The van der Waals surface area contributed by atoms with Gasteiger partial charge < -0.3 is 14.7 Å². The molecule has 2 aliphatic heterocycles. The minimum absolute atomic E-state index is 0.267. The highest BCUT2D eigenvalue weighted by atomic mass is 19.4.